The number of hydrogen-bond acceptors (Lipinski definition) is 8. The summed E-state index contributed by atoms with van der Waals surface area (Å²) in [4.78, 5) is 30.9. The van der Waals surface area contributed by atoms with E-state index in [1.165, 1.54) is 31.1 Å². The normalized spacial score (nSPS) is 18.0. The van der Waals surface area contributed by atoms with Gasteiger partial charge in [-0.15, -0.1) is 0 Å². The van der Waals surface area contributed by atoms with Gasteiger partial charge in [-0.25, -0.2) is 13.7 Å². The lowest BCUT2D eigenvalue weighted by molar-refractivity contribution is -0.00178. The van der Waals surface area contributed by atoms with Crippen molar-refractivity contribution in [3.05, 3.63) is 47.8 Å². The summed E-state index contributed by atoms with van der Waals surface area (Å²) in [5.41, 5.74) is 1.51. The van der Waals surface area contributed by atoms with Crippen molar-refractivity contribution in [3.8, 4) is 17.5 Å². The summed E-state index contributed by atoms with van der Waals surface area (Å²) in [5.74, 6) is -0.529. The number of aliphatic hydroxyl groups is 1. The highest BCUT2D eigenvalue weighted by Gasteiger charge is 2.29. The standard InChI is InChI=1S/C28H34FN7O4/c1-28(2,39)25(29)16-32-26(37)21-15-31-23(24-10-7-19-11-17(13-30)14-33-36(19)24)12-22(21)34-18-5-8-20(9-6-18)40-27(38)35(3)4/h7,10-12,14-15,18,20,25,39H,5-6,8-9,16H2,1-4H3,(H,31,34)(H,32,37)/t18-,20-,25-/m1/s1. The topological polar surface area (TPSA) is 145 Å². The maximum atomic E-state index is 14.3. The zero-order valence-corrected chi connectivity index (χ0v) is 23.0. The molecule has 2 amide bonds. The van der Waals surface area contributed by atoms with Crippen molar-refractivity contribution < 1.29 is 23.8 Å². The molecule has 212 valence electrons. The highest BCUT2D eigenvalue weighted by Crippen LogP contribution is 2.29. The summed E-state index contributed by atoms with van der Waals surface area (Å²) in [7, 11) is 3.28. The number of nitriles is 1. The van der Waals surface area contributed by atoms with Crippen molar-refractivity contribution in [2.24, 2.45) is 0 Å². The molecule has 1 aliphatic rings. The van der Waals surface area contributed by atoms with Gasteiger partial charge in [-0.1, -0.05) is 0 Å². The minimum atomic E-state index is -1.66. The fourth-order valence-corrected chi connectivity index (χ4v) is 4.47. The number of nitrogens with one attached hydrogen (secondary N) is 2. The molecule has 0 saturated heterocycles. The van der Waals surface area contributed by atoms with E-state index < -0.39 is 17.7 Å². The summed E-state index contributed by atoms with van der Waals surface area (Å²) in [6.07, 6.45) is 3.44. The van der Waals surface area contributed by atoms with Crippen LogP contribution in [0.15, 0.2) is 36.7 Å². The average molecular weight is 552 g/mol. The van der Waals surface area contributed by atoms with Crippen LogP contribution in [0.2, 0.25) is 0 Å². The minimum absolute atomic E-state index is 0.00165. The van der Waals surface area contributed by atoms with Gasteiger partial charge in [-0.2, -0.15) is 10.4 Å². The number of anilines is 1. The van der Waals surface area contributed by atoms with Crippen LogP contribution in [0.25, 0.3) is 16.9 Å². The molecule has 1 fully saturated rings. The first-order valence-electron chi connectivity index (χ1n) is 13.1. The van der Waals surface area contributed by atoms with Gasteiger partial charge in [0.05, 0.1) is 52.1 Å². The van der Waals surface area contributed by atoms with Gasteiger partial charge in [0.1, 0.15) is 18.3 Å². The van der Waals surface area contributed by atoms with Crippen LogP contribution >= 0.6 is 0 Å². The Kier molecular flexibility index (Phi) is 8.54. The molecule has 0 unspecified atom stereocenters. The molecule has 1 aliphatic carbocycles. The molecule has 12 heteroatoms. The van der Waals surface area contributed by atoms with E-state index in [1.54, 1.807) is 30.7 Å². The van der Waals surface area contributed by atoms with E-state index in [-0.39, 0.29) is 30.3 Å². The fraction of sp³-hybridized carbons (Fsp3) is 0.464. The molecule has 3 heterocycles. The summed E-state index contributed by atoms with van der Waals surface area (Å²) in [6.45, 7) is 2.32. The van der Waals surface area contributed by atoms with Gasteiger partial charge >= 0.3 is 6.09 Å². The molecule has 3 N–H and O–H groups in total. The number of carbonyl (C=O) groups is 2. The third-order valence-electron chi connectivity index (χ3n) is 6.92. The van der Waals surface area contributed by atoms with Crippen LogP contribution in [0.1, 0.15) is 55.5 Å². The number of amides is 2. The first-order chi connectivity index (χ1) is 19.0. The Morgan fingerprint density at radius 3 is 2.62 bits per heavy atom. The number of fused-ring (bicyclic) bond motifs is 1. The number of aromatic nitrogens is 3. The predicted octanol–water partition coefficient (Wildman–Crippen LogP) is 3.53. The Morgan fingerprint density at radius 1 is 1.25 bits per heavy atom. The van der Waals surface area contributed by atoms with Crippen molar-refractivity contribution in [2.45, 2.75) is 63.4 Å². The van der Waals surface area contributed by atoms with E-state index in [0.29, 0.717) is 48.3 Å². The molecular weight excluding hydrogens is 517 g/mol. The predicted molar refractivity (Wildman–Crippen MR) is 146 cm³/mol. The highest BCUT2D eigenvalue weighted by atomic mass is 19.1. The fourth-order valence-electron chi connectivity index (χ4n) is 4.47. The van der Waals surface area contributed by atoms with Crippen LogP contribution in [0.4, 0.5) is 14.9 Å². The van der Waals surface area contributed by atoms with E-state index in [4.69, 9.17) is 4.74 Å². The van der Waals surface area contributed by atoms with Crippen LogP contribution in [0, 0.1) is 11.3 Å². The maximum absolute atomic E-state index is 14.3. The molecule has 3 aromatic heterocycles. The van der Waals surface area contributed by atoms with Crippen molar-refractivity contribution in [3.63, 3.8) is 0 Å². The molecule has 0 spiro atoms. The Bertz CT molecular complexity index is 1420. The molecule has 0 aliphatic heterocycles. The summed E-state index contributed by atoms with van der Waals surface area (Å²) >= 11 is 0. The molecule has 0 bridgehead atoms. The Hall–Kier alpha value is -4.24. The van der Waals surface area contributed by atoms with Crippen molar-refractivity contribution in [1.29, 1.82) is 5.26 Å². The number of nitrogens with zero attached hydrogens (tertiary/aromatic N) is 5. The number of halogens is 1. The van der Waals surface area contributed by atoms with Gasteiger partial charge in [-0.05, 0) is 63.8 Å². The molecule has 11 nitrogen and oxygen atoms in total. The van der Waals surface area contributed by atoms with Crippen molar-refractivity contribution >= 4 is 23.2 Å². The van der Waals surface area contributed by atoms with Gasteiger partial charge in [0, 0.05) is 26.3 Å². The van der Waals surface area contributed by atoms with Crippen molar-refractivity contribution in [1.82, 2.24) is 24.8 Å². The smallest absolute Gasteiger partial charge is 0.409 e. The van der Waals surface area contributed by atoms with Crippen molar-refractivity contribution in [2.75, 3.05) is 26.0 Å². The molecule has 3 aromatic rings. The number of ether oxygens (including phenoxy) is 1. The second-order valence-corrected chi connectivity index (χ2v) is 10.8. The first kappa shape index (κ1) is 28.8. The van der Waals surface area contributed by atoms with E-state index >= 15 is 0 Å². The SMILES string of the molecule is CN(C)C(=O)O[C@H]1CC[C@H](Nc2cc(-c3ccc4cc(C#N)cnn34)ncc2C(=O)NC[C@@H](F)C(C)(C)O)CC1. The Labute approximate surface area is 231 Å². The zero-order valence-electron chi connectivity index (χ0n) is 23.0. The second-order valence-electron chi connectivity index (χ2n) is 10.8. The quantitative estimate of drug-likeness (QED) is 0.386. The summed E-state index contributed by atoms with van der Waals surface area (Å²) < 4.78 is 21.5. The molecular formula is C28H34FN7O4. The lowest BCUT2D eigenvalue weighted by Gasteiger charge is -2.30. The molecule has 1 atom stereocenters. The van der Waals surface area contributed by atoms with Crippen LogP contribution in [0.5, 0.6) is 0 Å². The third kappa shape index (κ3) is 6.66. The number of carbonyl (C=O) groups excluding carboxylic acids is 2. The van der Waals surface area contributed by atoms with Gasteiger partial charge in [0.25, 0.3) is 5.91 Å². The lowest BCUT2D eigenvalue weighted by Crippen LogP contribution is -2.42. The highest BCUT2D eigenvalue weighted by molar-refractivity contribution is 6.00. The molecule has 1 saturated carbocycles. The number of rotatable bonds is 8. The number of alkyl halides is 1. The van der Waals surface area contributed by atoms with Gasteiger partial charge in [0.15, 0.2) is 0 Å². The zero-order chi connectivity index (χ0) is 29.0. The number of hydrogen-bond donors (Lipinski definition) is 3. The lowest BCUT2D eigenvalue weighted by atomic mass is 9.92. The molecule has 0 radical (unpaired) electrons. The Morgan fingerprint density at radius 2 is 1.98 bits per heavy atom. The maximum Gasteiger partial charge on any atom is 0.409 e. The van der Waals surface area contributed by atoms with Gasteiger partial charge in [0.2, 0.25) is 0 Å². The van der Waals surface area contributed by atoms with E-state index in [1.807, 2.05) is 12.1 Å². The van der Waals surface area contributed by atoms with Crippen LogP contribution in [-0.2, 0) is 4.74 Å². The monoisotopic (exact) mass is 551 g/mol. The summed E-state index contributed by atoms with van der Waals surface area (Å²) in [5, 5.41) is 29.4. The minimum Gasteiger partial charge on any atom is -0.446 e. The molecule has 4 rings (SSSR count). The third-order valence-corrected chi connectivity index (χ3v) is 6.92. The van der Waals surface area contributed by atoms with Gasteiger partial charge < -0.3 is 25.4 Å². The largest absolute Gasteiger partial charge is 0.446 e. The van der Waals surface area contributed by atoms with E-state index in [0.717, 1.165) is 5.52 Å². The van der Waals surface area contributed by atoms with Crippen LogP contribution in [-0.4, -0.2) is 81.2 Å². The van der Waals surface area contributed by atoms with Gasteiger partial charge in [-0.3, -0.25) is 9.78 Å². The number of pyridine rings is 1. The average Bonchev–Trinajstić information content (AvgIpc) is 3.35. The molecule has 0 aromatic carbocycles. The van der Waals surface area contributed by atoms with Crippen LogP contribution in [0.3, 0.4) is 0 Å². The Balaban J connectivity index is 1.58. The van der Waals surface area contributed by atoms with E-state index in [2.05, 4.69) is 26.8 Å². The second kappa shape index (κ2) is 11.9. The molecule has 40 heavy (non-hydrogen) atoms. The summed E-state index contributed by atoms with van der Waals surface area (Å²) in [6, 6.07) is 9.20. The van der Waals surface area contributed by atoms with Crippen LogP contribution < -0.4 is 10.6 Å². The first-order valence-corrected chi connectivity index (χ1v) is 13.1. The van der Waals surface area contributed by atoms with E-state index in [9.17, 15) is 24.3 Å².